The maximum atomic E-state index is 5.69. The summed E-state index contributed by atoms with van der Waals surface area (Å²) in [5, 5.41) is 0. The second-order valence-electron chi connectivity index (χ2n) is 3.96. The average Bonchev–Trinajstić information content (AvgIpc) is 2.90. The molecule has 0 atom stereocenters. The van der Waals surface area contributed by atoms with Crippen molar-refractivity contribution in [2.45, 2.75) is 0 Å². The van der Waals surface area contributed by atoms with Crippen LogP contribution in [0.3, 0.4) is 0 Å². The molecule has 2 aromatic heterocycles. The maximum Gasteiger partial charge on any atom is 0.227 e. The van der Waals surface area contributed by atoms with E-state index in [0.717, 1.165) is 11.1 Å². The Morgan fingerprint density at radius 3 is 2.42 bits per heavy atom. The van der Waals surface area contributed by atoms with Gasteiger partial charge in [0.25, 0.3) is 0 Å². The quantitative estimate of drug-likeness (QED) is 0.721. The lowest BCUT2D eigenvalue weighted by molar-refractivity contribution is 0.394. The molecule has 96 valence electrons. The van der Waals surface area contributed by atoms with Gasteiger partial charge in [0, 0.05) is 23.9 Å². The Balaban J connectivity index is 2.14. The standard InChI is InChI=1S/C14H12N2O3/c1-17-10-5-9(6-11(7-10)18-2)14-16-12-8-15-4-3-13(12)19-14/h3-8H,1-2H3. The van der Waals surface area contributed by atoms with Crippen molar-refractivity contribution in [3.05, 3.63) is 36.7 Å². The highest BCUT2D eigenvalue weighted by Gasteiger charge is 2.11. The van der Waals surface area contributed by atoms with Crippen LogP contribution in [-0.2, 0) is 0 Å². The van der Waals surface area contributed by atoms with Crippen molar-refractivity contribution < 1.29 is 13.9 Å². The molecule has 0 aliphatic heterocycles. The molecule has 0 bridgehead atoms. The molecular formula is C14H12N2O3. The van der Waals surface area contributed by atoms with E-state index in [0.29, 0.717) is 23.0 Å². The average molecular weight is 256 g/mol. The highest BCUT2D eigenvalue weighted by Crippen LogP contribution is 2.30. The minimum atomic E-state index is 0.514. The van der Waals surface area contributed by atoms with Gasteiger partial charge in [-0.25, -0.2) is 4.98 Å². The third kappa shape index (κ3) is 2.10. The monoisotopic (exact) mass is 256 g/mol. The minimum Gasteiger partial charge on any atom is -0.497 e. The zero-order chi connectivity index (χ0) is 13.2. The van der Waals surface area contributed by atoms with Crippen LogP contribution in [0.1, 0.15) is 0 Å². The first-order chi connectivity index (χ1) is 9.30. The molecule has 5 nitrogen and oxygen atoms in total. The molecule has 2 heterocycles. The van der Waals surface area contributed by atoms with Crippen molar-refractivity contribution in [2.24, 2.45) is 0 Å². The topological polar surface area (TPSA) is 57.4 Å². The van der Waals surface area contributed by atoms with E-state index in [1.807, 2.05) is 12.1 Å². The molecule has 0 fully saturated rings. The minimum absolute atomic E-state index is 0.514. The Bertz CT molecular complexity index is 666. The van der Waals surface area contributed by atoms with Gasteiger partial charge in [0.2, 0.25) is 5.89 Å². The number of hydrogen-bond acceptors (Lipinski definition) is 5. The zero-order valence-electron chi connectivity index (χ0n) is 10.6. The van der Waals surface area contributed by atoms with Crippen LogP contribution in [0.5, 0.6) is 11.5 Å². The van der Waals surface area contributed by atoms with Crippen LogP contribution in [0.2, 0.25) is 0 Å². The number of benzene rings is 1. The molecule has 1 aromatic carbocycles. The number of ether oxygens (including phenoxy) is 2. The van der Waals surface area contributed by atoms with Gasteiger partial charge in [0.15, 0.2) is 5.58 Å². The van der Waals surface area contributed by atoms with Crippen molar-refractivity contribution >= 4 is 11.1 Å². The van der Waals surface area contributed by atoms with Gasteiger partial charge in [0.05, 0.1) is 20.4 Å². The number of pyridine rings is 1. The first-order valence-electron chi connectivity index (χ1n) is 5.74. The van der Waals surface area contributed by atoms with Crippen LogP contribution >= 0.6 is 0 Å². The molecule has 0 saturated carbocycles. The van der Waals surface area contributed by atoms with Crippen LogP contribution in [0, 0.1) is 0 Å². The lowest BCUT2D eigenvalue weighted by Gasteiger charge is -2.05. The zero-order valence-corrected chi connectivity index (χ0v) is 10.6. The summed E-state index contributed by atoms with van der Waals surface area (Å²) in [6, 6.07) is 7.28. The van der Waals surface area contributed by atoms with Crippen molar-refractivity contribution in [1.29, 1.82) is 0 Å². The van der Waals surface area contributed by atoms with E-state index in [9.17, 15) is 0 Å². The van der Waals surface area contributed by atoms with Gasteiger partial charge in [-0.3, -0.25) is 4.98 Å². The van der Waals surface area contributed by atoms with Crippen molar-refractivity contribution in [3.63, 3.8) is 0 Å². The van der Waals surface area contributed by atoms with Gasteiger partial charge < -0.3 is 13.9 Å². The van der Waals surface area contributed by atoms with Crippen LogP contribution in [0.15, 0.2) is 41.1 Å². The third-order valence-corrected chi connectivity index (χ3v) is 2.79. The molecule has 3 aromatic rings. The number of aromatic nitrogens is 2. The smallest absolute Gasteiger partial charge is 0.227 e. The summed E-state index contributed by atoms with van der Waals surface area (Å²) < 4.78 is 16.2. The molecule has 19 heavy (non-hydrogen) atoms. The second-order valence-corrected chi connectivity index (χ2v) is 3.96. The summed E-state index contributed by atoms with van der Waals surface area (Å²) in [4.78, 5) is 8.41. The number of oxazole rings is 1. The molecule has 0 unspecified atom stereocenters. The van der Waals surface area contributed by atoms with E-state index in [-0.39, 0.29) is 0 Å². The fraction of sp³-hybridized carbons (Fsp3) is 0.143. The molecule has 0 aliphatic rings. The van der Waals surface area contributed by atoms with E-state index >= 15 is 0 Å². The normalized spacial score (nSPS) is 10.6. The third-order valence-electron chi connectivity index (χ3n) is 2.79. The van der Waals surface area contributed by atoms with Crippen molar-refractivity contribution in [3.8, 4) is 23.0 Å². The highest BCUT2D eigenvalue weighted by atomic mass is 16.5. The van der Waals surface area contributed by atoms with Gasteiger partial charge in [-0.05, 0) is 12.1 Å². The first kappa shape index (κ1) is 11.5. The maximum absolute atomic E-state index is 5.69. The summed E-state index contributed by atoms with van der Waals surface area (Å²) in [5.74, 6) is 1.89. The van der Waals surface area contributed by atoms with Gasteiger partial charge in [-0.1, -0.05) is 0 Å². The summed E-state index contributed by atoms with van der Waals surface area (Å²) in [6.45, 7) is 0. The molecule has 0 spiro atoms. The summed E-state index contributed by atoms with van der Waals surface area (Å²) in [6.07, 6.45) is 3.34. The largest absolute Gasteiger partial charge is 0.497 e. The Kier molecular flexibility index (Phi) is 2.79. The van der Waals surface area contributed by atoms with E-state index < -0.39 is 0 Å². The van der Waals surface area contributed by atoms with E-state index in [1.165, 1.54) is 0 Å². The molecule has 0 radical (unpaired) electrons. The molecule has 0 saturated heterocycles. The number of methoxy groups -OCH3 is 2. The van der Waals surface area contributed by atoms with Crippen molar-refractivity contribution in [2.75, 3.05) is 14.2 Å². The Hall–Kier alpha value is -2.56. The fourth-order valence-corrected chi connectivity index (χ4v) is 1.83. The number of rotatable bonds is 3. The van der Waals surface area contributed by atoms with Gasteiger partial charge in [-0.2, -0.15) is 0 Å². The number of hydrogen-bond donors (Lipinski definition) is 0. The summed E-state index contributed by atoms with van der Waals surface area (Å²) in [7, 11) is 3.21. The molecule has 0 aliphatic carbocycles. The Labute approximate surface area is 109 Å². The number of fused-ring (bicyclic) bond motifs is 1. The summed E-state index contributed by atoms with van der Waals surface area (Å²) >= 11 is 0. The summed E-state index contributed by atoms with van der Waals surface area (Å²) in [5.41, 5.74) is 2.22. The van der Waals surface area contributed by atoms with Crippen LogP contribution in [0.25, 0.3) is 22.6 Å². The molecule has 5 heteroatoms. The predicted molar refractivity (Wildman–Crippen MR) is 70.3 cm³/mol. The van der Waals surface area contributed by atoms with E-state index in [2.05, 4.69) is 9.97 Å². The molecular weight excluding hydrogens is 244 g/mol. The van der Waals surface area contributed by atoms with Crippen LogP contribution in [0.4, 0.5) is 0 Å². The predicted octanol–water partition coefficient (Wildman–Crippen LogP) is 2.91. The Morgan fingerprint density at radius 2 is 1.79 bits per heavy atom. The number of nitrogens with zero attached hydrogens (tertiary/aromatic N) is 2. The fourth-order valence-electron chi connectivity index (χ4n) is 1.83. The molecule has 0 N–H and O–H groups in total. The van der Waals surface area contributed by atoms with Gasteiger partial charge in [0.1, 0.15) is 17.0 Å². The lowest BCUT2D eigenvalue weighted by Crippen LogP contribution is -1.88. The van der Waals surface area contributed by atoms with Crippen LogP contribution in [-0.4, -0.2) is 24.2 Å². The highest BCUT2D eigenvalue weighted by molar-refractivity contribution is 5.75. The van der Waals surface area contributed by atoms with Crippen molar-refractivity contribution in [1.82, 2.24) is 9.97 Å². The van der Waals surface area contributed by atoms with E-state index in [4.69, 9.17) is 13.9 Å². The Morgan fingerprint density at radius 1 is 1.05 bits per heavy atom. The SMILES string of the molecule is COc1cc(OC)cc(-c2nc3cnccc3o2)c1. The van der Waals surface area contributed by atoms with Gasteiger partial charge in [-0.15, -0.1) is 0 Å². The van der Waals surface area contributed by atoms with E-state index in [1.54, 1.807) is 38.7 Å². The second kappa shape index (κ2) is 4.61. The molecule has 3 rings (SSSR count). The van der Waals surface area contributed by atoms with Crippen LogP contribution < -0.4 is 9.47 Å². The van der Waals surface area contributed by atoms with Gasteiger partial charge >= 0.3 is 0 Å². The first-order valence-corrected chi connectivity index (χ1v) is 5.74. The molecule has 0 amide bonds. The lowest BCUT2D eigenvalue weighted by atomic mass is 10.2.